The van der Waals surface area contributed by atoms with Gasteiger partial charge in [0.2, 0.25) is 0 Å². The molecule has 1 amide bonds. The lowest BCUT2D eigenvalue weighted by Crippen LogP contribution is -2.13. The second kappa shape index (κ2) is 6.36. The molecule has 0 aliphatic carbocycles. The van der Waals surface area contributed by atoms with E-state index in [2.05, 4.69) is 26.2 Å². The van der Waals surface area contributed by atoms with Gasteiger partial charge in [-0.25, -0.2) is 9.78 Å². The molecule has 0 bridgehead atoms. The summed E-state index contributed by atoms with van der Waals surface area (Å²) in [6.45, 7) is 0. The molecule has 0 aliphatic rings. The number of anilines is 1. The van der Waals surface area contributed by atoms with Crippen LogP contribution >= 0.6 is 15.9 Å². The summed E-state index contributed by atoms with van der Waals surface area (Å²) in [4.78, 5) is 26.6. The molecule has 1 heterocycles. The number of amides is 1. The maximum Gasteiger partial charge on any atom is 0.354 e. The van der Waals surface area contributed by atoms with Crippen LogP contribution in [0.15, 0.2) is 41.0 Å². The van der Waals surface area contributed by atoms with Crippen LogP contribution < -0.4 is 10.1 Å². The molecule has 1 aromatic heterocycles. The number of methoxy groups -OCH3 is 1. The average Bonchev–Trinajstić information content (AvgIpc) is 2.49. The zero-order valence-corrected chi connectivity index (χ0v) is 12.5. The SMILES string of the molecule is COc1cc(NC(=O)c2ccnc(C(=O)O)c2)ccc1Br. The lowest BCUT2D eigenvalue weighted by atomic mass is 10.2. The van der Waals surface area contributed by atoms with Gasteiger partial charge in [-0.05, 0) is 40.2 Å². The van der Waals surface area contributed by atoms with Crippen molar-refractivity contribution in [3.63, 3.8) is 0 Å². The van der Waals surface area contributed by atoms with Crippen molar-refractivity contribution in [1.29, 1.82) is 0 Å². The van der Waals surface area contributed by atoms with E-state index < -0.39 is 11.9 Å². The standard InChI is InChI=1S/C14H11BrN2O4/c1-21-12-7-9(2-3-10(12)15)17-13(18)8-4-5-16-11(6-8)14(19)20/h2-7H,1H3,(H,17,18)(H,19,20). The number of carbonyl (C=O) groups excluding carboxylic acids is 1. The molecule has 2 rings (SSSR count). The van der Waals surface area contributed by atoms with Gasteiger partial charge in [-0.15, -0.1) is 0 Å². The van der Waals surface area contributed by atoms with E-state index >= 15 is 0 Å². The van der Waals surface area contributed by atoms with E-state index in [9.17, 15) is 9.59 Å². The molecule has 7 heteroatoms. The smallest absolute Gasteiger partial charge is 0.354 e. The Bertz CT molecular complexity index is 703. The lowest BCUT2D eigenvalue weighted by Gasteiger charge is -2.08. The highest BCUT2D eigenvalue weighted by Crippen LogP contribution is 2.28. The molecule has 0 aliphatic heterocycles. The first-order valence-corrected chi connectivity index (χ1v) is 6.65. The van der Waals surface area contributed by atoms with Crippen LogP contribution in [0, 0.1) is 0 Å². The number of pyridine rings is 1. The average molecular weight is 351 g/mol. The maximum atomic E-state index is 12.1. The Kier molecular flexibility index (Phi) is 4.54. The van der Waals surface area contributed by atoms with Crippen molar-refractivity contribution in [3.8, 4) is 5.75 Å². The molecule has 0 saturated carbocycles. The number of hydrogen-bond acceptors (Lipinski definition) is 4. The summed E-state index contributed by atoms with van der Waals surface area (Å²) in [5.74, 6) is -1.03. The minimum atomic E-state index is -1.19. The number of carboxylic acid groups (broad SMARTS) is 1. The summed E-state index contributed by atoms with van der Waals surface area (Å²) in [5, 5.41) is 11.5. The second-order valence-electron chi connectivity index (χ2n) is 4.04. The van der Waals surface area contributed by atoms with Crippen LogP contribution in [0.1, 0.15) is 20.8 Å². The number of aromatic carboxylic acids is 1. The second-order valence-corrected chi connectivity index (χ2v) is 4.89. The lowest BCUT2D eigenvalue weighted by molar-refractivity contribution is 0.0690. The Morgan fingerprint density at radius 1 is 1.29 bits per heavy atom. The molecule has 108 valence electrons. The molecule has 2 N–H and O–H groups in total. The van der Waals surface area contributed by atoms with Gasteiger partial charge in [0.15, 0.2) is 0 Å². The van der Waals surface area contributed by atoms with Gasteiger partial charge >= 0.3 is 5.97 Å². The van der Waals surface area contributed by atoms with Crippen molar-refractivity contribution >= 4 is 33.5 Å². The van der Waals surface area contributed by atoms with Crippen LogP contribution in [0.4, 0.5) is 5.69 Å². The Labute approximate surface area is 128 Å². The third-order valence-electron chi connectivity index (χ3n) is 2.65. The summed E-state index contributed by atoms with van der Waals surface area (Å²) in [5.41, 5.74) is 0.564. The van der Waals surface area contributed by atoms with Crippen LogP contribution in [0.3, 0.4) is 0 Å². The molecule has 1 aromatic carbocycles. The summed E-state index contributed by atoms with van der Waals surface area (Å²) in [7, 11) is 1.52. The van der Waals surface area contributed by atoms with E-state index in [-0.39, 0.29) is 11.3 Å². The fourth-order valence-electron chi connectivity index (χ4n) is 1.63. The van der Waals surface area contributed by atoms with Crippen LogP contribution in [-0.2, 0) is 0 Å². The maximum absolute atomic E-state index is 12.1. The predicted octanol–water partition coefficient (Wildman–Crippen LogP) is 2.80. The largest absolute Gasteiger partial charge is 0.495 e. The van der Waals surface area contributed by atoms with Crippen molar-refractivity contribution in [3.05, 3.63) is 52.3 Å². The Hall–Kier alpha value is -2.41. The van der Waals surface area contributed by atoms with Gasteiger partial charge in [0.25, 0.3) is 5.91 Å². The monoisotopic (exact) mass is 350 g/mol. The van der Waals surface area contributed by atoms with Crippen LogP contribution in [-0.4, -0.2) is 29.1 Å². The Balaban J connectivity index is 2.22. The fraction of sp³-hybridized carbons (Fsp3) is 0.0714. The van der Waals surface area contributed by atoms with Crippen LogP contribution in [0.5, 0.6) is 5.75 Å². The van der Waals surface area contributed by atoms with E-state index in [1.54, 1.807) is 18.2 Å². The normalized spacial score (nSPS) is 10.0. The summed E-state index contributed by atoms with van der Waals surface area (Å²) < 4.78 is 5.90. The highest BCUT2D eigenvalue weighted by atomic mass is 79.9. The summed E-state index contributed by atoms with van der Waals surface area (Å²) >= 11 is 3.32. The predicted molar refractivity (Wildman–Crippen MR) is 79.8 cm³/mol. The fourth-order valence-corrected chi connectivity index (χ4v) is 2.04. The molecule has 0 atom stereocenters. The number of rotatable bonds is 4. The molecule has 2 aromatic rings. The third kappa shape index (κ3) is 3.57. The number of nitrogens with one attached hydrogen (secondary N) is 1. The van der Waals surface area contributed by atoms with Gasteiger partial charge in [0, 0.05) is 23.5 Å². The zero-order chi connectivity index (χ0) is 15.4. The Morgan fingerprint density at radius 3 is 2.71 bits per heavy atom. The highest BCUT2D eigenvalue weighted by Gasteiger charge is 2.11. The topological polar surface area (TPSA) is 88.5 Å². The minimum absolute atomic E-state index is 0.184. The first-order valence-electron chi connectivity index (χ1n) is 5.85. The molecule has 6 nitrogen and oxygen atoms in total. The van der Waals surface area contributed by atoms with E-state index in [1.807, 2.05) is 0 Å². The molecular formula is C14H11BrN2O4. The number of carboxylic acids is 1. The molecule has 0 radical (unpaired) electrons. The highest BCUT2D eigenvalue weighted by molar-refractivity contribution is 9.10. The van der Waals surface area contributed by atoms with Gasteiger partial charge in [-0.3, -0.25) is 4.79 Å². The molecule has 0 spiro atoms. The van der Waals surface area contributed by atoms with Crippen molar-refractivity contribution in [2.45, 2.75) is 0 Å². The van der Waals surface area contributed by atoms with Gasteiger partial charge in [-0.2, -0.15) is 0 Å². The number of carbonyl (C=O) groups is 2. The Morgan fingerprint density at radius 2 is 2.05 bits per heavy atom. The van der Waals surface area contributed by atoms with Gasteiger partial charge in [-0.1, -0.05) is 0 Å². The van der Waals surface area contributed by atoms with E-state index in [0.717, 1.165) is 4.47 Å². The number of hydrogen-bond donors (Lipinski definition) is 2. The van der Waals surface area contributed by atoms with E-state index in [0.29, 0.717) is 11.4 Å². The van der Waals surface area contributed by atoms with Crippen molar-refractivity contribution in [1.82, 2.24) is 4.98 Å². The zero-order valence-electron chi connectivity index (χ0n) is 11.0. The number of benzene rings is 1. The molecule has 21 heavy (non-hydrogen) atoms. The van der Waals surface area contributed by atoms with Gasteiger partial charge < -0.3 is 15.2 Å². The number of aromatic nitrogens is 1. The van der Waals surface area contributed by atoms with Crippen molar-refractivity contribution in [2.75, 3.05) is 12.4 Å². The first-order chi connectivity index (χ1) is 10.0. The quantitative estimate of drug-likeness (QED) is 0.884. The van der Waals surface area contributed by atoms with Gasteiger partial charge in [0.05, 0.1) is 11.6 Å². The first kappa shape index (κ1) is 15.0. The van der Waals surface area contributed by atoms with E-state index in [1.165, 1.54) is 25.4 Å². The summed E-state index contributed by atoms with van der Waals surface area (Å²) in [6.07, 6.45) is 1.28. The van der Waals surface area contributed by atoms with Gasteiger partial charge in [0.1, 0.15) is 11.4 Å². The number of nitrogens with zero attached hydrogens (tertiary/aromatic N) is 1. The van der Waals surface area contributed by atoms with Crippen LogP contribution in [0.2, 0.25) is 0 Å². The summed E-state index contributed by atoms with van der Waals surface area (Å²) in [6, 6.07) is 7.75. The van der Waals surface area contributed by atoms with Crippen molar-refractivity contribution in [2.24, 2.45) is 0 Å². The molecular weight excluding hydrogens is 340 g/mol. The van der Waals surface area contributed by atoms with Crippen molar-refractivity contribution < 1.29 is 19.4 Å². The number of halogens is 1. The minimum Gasteiger partial charge on any atom is -0.495 e. The van der Waals surface area contributed by atoms with E-state index in [4.69, 9.17) is 9.84 Å². The molecule has 0 fully saturated rings. The number of ether oxygens (including phenoxy) is 1. The molecule has 0 saturated heterocycles. The molecule has 0 unspecified atom stereocenters. The van der Waals surface area contributed by atoms with Crippen LogP contribution in [0.25, 0.3) is 0 Å². The third-order valence-corrected chi connectivity index (χ3v) is 3.31.